The van der Waals surface area contributed by atoms with E-state index < -0.39 is 0 Å². The fraction of sp³-hybridized carbons (Fsp3) is 0.429. The van der Waals surface area contributed by atoms with E-state index in [1.165, 1.54) is 5.56 Å². The second-order valence-electron chi connectivity index (χ2n) is 4.50. The summed E-state index contributed by atoms with van der Waals surface area (Å²) in [5, 5.41) is 7.73. The molecule has 0 aliphatic carbocycles. The molecule has 0 atom stereocenters. The van der Waals surface area contributed by atoms with Gasteiger partial charge in [0.2, 0.25) is 0 Å². The normalized spacial score (nSPS) is 10.7. The summed E-state index contributed by atoms with van der Waals surface area (Å²) < 4.78 is 1.79. The quantitative estimate of drug-likeness (QED) is 0.863. The summed E-state index contributed by atoms with van der Waals surface area (Å²) in [6.45, 7) is 4.85. The molecule has 2 rings (SSSR count). The van der Waals surface area contributed by atoms with Crippen LogP contribution in [0, 0.1) is 0 Å². The topological polar surface area (TPSA) is 68.8 Å². The van der Waals surface area contributed by atoms with E-state index in [0.717, 1.165) is 35.7 Å². The second-order valence-corrected chi connectivity index (χ2v) is 4.50. The first kappa shape index (κ1) is 13.4. The third-order valence-corrected chi connectivity index (χ3v) is 3.28. The summed E-state index contributed by atoms with van der Waals surface area (Å²) in [4.78, 5) is 4.42. The molecule has 102 valence electrons. The smallest absolute Gasteiger partial charge is 0.148 e. The molecule has 2 heterocycles. The molecule has 0 amide bonds. The molecule has 2 aromatic heterocycles. The number of anilines is 2. The van der Waals surface area contributed by atoms with Crippen molar-refractivity contribution in [2.24, 2.45) is 7.05 Å². The van der Waals surface area contributed by atoms with Gasteiger partial charge in [0.15, 0.2) is 0 Å². The van der Waals surface area contributed by atoms with Gasteiger partial charge in [-0.1, -0.05) is 19.9 Å². The lowest BCUT2D eigenvalue weighted by atomic mass is 10.1. The van der Waals surface area contributed by atoms with E-state index in [9.17, 15) is 0 Å². The first-order chi connectivity index (χ1) is 9.17. The molecule has 0 aliphatic rings. The maximum atomic E-state index is 6.08. The lowest BCUT2D eigenvalue weighted by molar-refractivity contribution is 0.746. The molecule has 0 spiro atoms. The Bertz CT molecular complexity index is 559. The van der Waals surface area contributed by atoms with Crippen molar-refractivity contribution in [1.29, 1.82) is 0 Å². The highest BCUT2D eigenvalue weighted by molar-refractivity contribution is 5.65. The molecule has 3 N–H and O–H groups in total. The highest BCUT2D eigenvalue weighted by Crippen LogP contribution is 2.23. The molecule has 2 aromatic rings. The van der Waals surface area contributed by atoms with Crippen molar-refractivity contribution in [2.45, 2.75) is 33.2 Å². The summed E-state index contributed by atoms with van der Waals surface area (Å²) >= 11 is 0. The van der Waals surface area contributed by atoms with Crippen LogP contribution in [0.3, 0.4) is 0 Å². The van der Waals surface area contributed by atoms with Gasteiger partial charge in [0.25, 0.3) is 0 Å². The lowest BCUT2D eigenvalue weighted by Crippen LogP contribution is -2.09. The number of rotatable bonds is 5. The third-order valence-electron chi connectivity index (χ3n) is 3.28. The van der Waals surface area contributed by atoms with E-state index in [4.69, 9.17) is 5.73 Å². The van der Waals surface area contributed by atoms with Crippen molar-refractivity contribution in [3.8, 4) is 0 Å². The Labute approximate surface area is 113 Å². The van der Waals surface area contributed by atoms with Gasteiger partial charge in [0.1, 0.15) is 5.82 Å². The van der Waals surface area contributed by atoms with Crippen molar-refractivity contribution >= 4 is 11.5 Å². The maximum absolute atomic E-state index is 6.08. The van der Waals surface area contributed by atoms with Gasteiger partial charge >= 0.3 is 0 Å². The minimum atomic E-state index is 0.664. The highest BCUT2D eigenvalue weighted by atomic mass is 15.3. The summed E-state index contributed by atoms with van der Waals surface area (Å²) in [6, 6.07) is 4.07. The molecule has 5 heteroatoms. The fourth-order valence-electron chi connectivity index (χ4n) is 2.19. The average molecular weight is 259 g/mol. The van der Waals surface area contributed by atoms with Crippen molar-refractivity contribution in [2.75, 3.05) is 11.1 Å². The molecule has 0 saturated carbocycles. The predicted octanol–water partition coefficient (Wildman–Crippen LogP) is 2.13. The van der Waals surface area contributed by atoms with Gasteiger partial charge in [-0.2, -0.15) is 5.10 Å². The van der Waals surface area contributed by atoms with Gasteiger partial charge in [-0.3, -0.25) is 9.67 Å². The zero-order chi connectivity index (χ0) is 13.8. The number of nitrogens with two attached hydrogens (primary N) is 1. The molecule has 0 aliphatic heterocycles. The molecule has 0 saturated heterocycles. The Hall–Kier alpha value is -2.04. The van der Waals surface area contributed by atoms with Crippen LogP contribution in [0.15, 0.2) is 18.3 Å². The largest absolute Gasteiger partial charge is 0.394 e. The summed E-state index contributed by atoms with van der Waals surface area (Å²) in [5.74, 6) is 0.865. The summed E-state index contributed by atoms with van der Waals surface area (Å²) in [6.07, 6.45) is 3.64. The first-order valence-corrected chi connectivity index (χ1v) is 6.65. The number of hydrogen-bond acceptors (Lipinski definition) is 4. The molecule has 0 aromatic carbocycles. The Kier molecular flexibility index (Phi) is 4.04. The van der Waals surface area contributed by atoms with Crippen LogP contribution in [0.25, 0.3) is 0 Å². The monoisotopic (exact) mass is 259 g/mol. The number of nitrogen functional groups attached to an aromatic ring is 1. The van der Waals surface area contributed by atoms with Crippen LogP contribution in [0.2, 0.25) is 0 Å². The molecular weight excluding hydrogens is 238 g/mol. The average Bonchev–Trinajstić information content (AvgIpc) is 2.71. The van der Waals surface area contributed by atoms with Crippen LogP contribution < -0.4 is 11.1 Å². The number of nitrogens with one attached hydrogen (secondary N) is 1. The van der Waals surface area contributed by atoms with Gasteiger partial charge in [-0.15, -0.1) is 0 Å². The SMILES string of the molecule is CCc1cccnc1CNc1c(N)c(CC)nn1C. The van der Waals surface area contributed by atoms with Crippen LogP contribution in [-0.2, 0) is 26.4 Å². The Morgan fingerprint density at radius 2 is 2.05 bits per heavy atom. The minimum absolute atomic E-state index is 0.664. The van der Waals surface area contributed by atoms with Crippen LogP contribution in [0.4, 0.5) is 11.5 Å². The van der Waals surface area contributed by atoms with Crippen molar-refractivity contribution in [3.63, 3.8) is 0 Å². The Morgan fingerprint density at radius 1 is 1.26 bits per heavy atom. The molecule has 19 heavy (non-hydrogen) atoms. The van der Waals surface area contributed by atoms with Crippen LogP contribution in [0.5, 0.6) is 0 Å². The van der Waals surface area contributed by atoms with Crippen LogP contribution >= 0.6 is 0 Å². The van der Waals surface area contributed by atoms with Gasteiger partial charge in [-0.05, 0) is 24.5 Å². The second kappa shape index (κ2) is 5.73. The van der Waals surface area contributed by atoms with Gasteiger partial charge in [0.05, 0.1) is 23.6 Å². The molecule has 0 fully saturated rings. The number of hydrogen-bond donors (Lipinski definition) is 2. The van der Waals surface area contributed by atoms with E-state index in [2.05, 4.69) is 35.3 Å². The Morgan fingerprint density at radius 3 is 2.68 bits per heavy atom. The van der Waals surface area contributed by atoms with Gasteiger partial charge in [0, 0.05) is 13.2 Å². The maximum Gasteiger partial charge on any atom is 0.148 e. The zero-order valence-electron chi connectivity index (χ0n) is 11.8. The minimum Gasteiger partial charge on any atom is -0.394 e. The van der Waals surface area contributed by atoms with E-state index in [0.29, 0.717) is 6.54 Å². The number of nitrogens with zero attached hydrogens (tertiary/aromatic N) is 3. The van der Waals surface area contributed by atoms with Crippen molar-refractivity contribution in [3.05, 3.63) is 35.3 Å². The zero-order valence-corrected chi connectivity index (χ0v) is 11.8. The lowest BCUT2D eigenvalue weighted by Gasteiger charge is -2.10. The van der Waals surface area contributed by atoms with Crippen molar-refractivity contribution < 1.29 is 0 Å². The number of pyridine rings is 1. The van der Waals surface area contributed by atoms with E-state index >= 15 is 0 Å². The van der Waals surface area contributed by atoms with Gasteiger partial charge < -0.3 is 11.1 Å². The predicted molar refractivity (Wildman–Crippen MR) is 77.9 cm³/mol. The fourth-order valence-corrected chi connectivity index (χ4v) is 2.19. The summed E-state index contributed by atoms with van der Waals surface area (Å²) in [7, 11) is 1.90. The van der Waals surface area contributed by atoms with Crippen LogP contribution in [-0.4, -0.2) is 14.8 Å². The molecule has 0 bridgehead atoms. The number of aromatic nitrogens is 3. The van der Waals surface area contributed by atoms with E-state index in [1.807, 2.05) is 19.3 Å². The van der Waals surface area contributed by atoms with E-state index in [1.54, 1.807) is 4.68 Å². The Balaban J connectivity index is 2.17. The van der Waals surface area contributed by atoms with Crippen molar-refractivity contribution in [1.82, 2.24) is 14.8 Å². The number of aryl methyl sites for hydroxylation is 3. The first-order valence-electron chi connectivity index (χ1n) is 6.65. The summed E-state index contributed by atoms with van der Waals surface area (Å²) in [5.41, 5.74) is 10.1. The molecular formula is C14H21N5. The van der Waals surface area contributed by atoms with E-state index in [-0.39, 0.29) is 0 Å². The third kappa shape index (κ3) is 2.70. The van der Waals surface area contributed by atoms with Crippen LogP contribution in [0.1, 0.15) is 30.8 Å². The molecule has 5 nitrogen and oxygen atoms in total. The standard InChI is InChI=1S/C14H21N5/c1-4-10-7-6-8-16-12(10)9-17-14-13(15)11(5-2)18-19(14)3/h6-8,17H,4-5,9,15H2,1-3H3. The molecule has 0 radical (unpaired) electrons. The molecule has 0 unspecified atom stereocenters. The highest BCUT2D eigenvalue weighted by Gasteiger charge is 2.12. The van der Waals surface area contributed by atoms with Gasteiger partial charge in [-0.25, -0.2) is 0 Å².